The molecule has 0 fully saturated rings. The molecule has 130 valence electrons. The molecule has 0 bridgehead atoms. The van der Waals surface area contributed by atoms with Crippen molar-refractivity contribution in [2.45, 2.75) is 13.8 Å². The zero-order valence-corrected chi connectivity index (χ0v) is 15.1. The maximum Gasteiger partial charge on any atom is 0.321 e. The van der Waals surface area contributed by atoms with E-state index in [1.165, 1.54) is 15.3 Å². The van der Waals surface area contributed by atoms with Gasteiger partial charge in [-0.3, -0.25) is 0 Å². The Morgan fingerprint density at radius 3 is 2.58 bits per heavy atom. The van der Waals surface area contributed by atoms with Gasteiger partial charge in [0, 0.05) is 29.6 Å². The molecule has 24 heavy (non-hydrogen) atoms. The largest absolute Gasteiger partial charge is 0.396 e. The summed E-state index contributed by atoms with van der Waals surface area (Å²) in [7, 11) is 1.65. The third-order valence-corrected chi connectivity index (χ3v) is 5.03. The average Bonchev–Trinajstić information content (AvgIpc) is 3.01. The SMILES string of the molecule is Cc1ccsc1-c1cccc(NC(=O)N(C)CC(C)(CO)CO)c1. The van der Waals surface area contributed by atoms with Gasteiger partial charge in [-0.25, -0.2) is 4.79 Å². The summed E-state index contributed by atoms with van der Waals surface area (Å²) in [5.74, 6) is 0. The Bertz CT molecular complexity index is 695. The highest BCUT2D eigenvalue weighted by molar-refractivity contribution is 7.13. The monoisotopic (exact) mass is 348 g/mol. The number of urea groups is 1. The first-order chi connectivity index (χ1) is 11.4. The molecule has 3 N–H and O–H groups in total. The number of aryl methyl sites for hydroxylation is 1. The number of aliphatic hydroxyl groups excluding tert-OH is 2. The van der Waals surface area contributed by atoms with Crippen LogP contribution in [0.1, 0.15) is 12.5 Å². The maximum atomic E-state index is 12.3. The highest BCUT2D eigenvalue weighted by Gasteiger charge is 2.26. The molecule has 2 amide bonds. The number of amides is 2. The minimum atomic E-state index is -0.720. The van der Waals surface area contributed by atoms with E-state index in [1.54, 1.807) is 25.3 Å². The van der Waals surface area contributed by atoms with Crippen molar-refractivity contribution >= 4 is 23.1 Å². The van der Waals surface area contributed by atoms with E-state index in [1.807, 2.05) is 29.6 Å². The highest BCUT2D eigenvalue weighted by atomic mass is 32.1. The Kier molecular flexibility index (Phi) is 5.99. The fraction of sp³-hybridized carbons (Fsp3) is 0.389. The number of thiophene rings is 1. The molecular weight excluding hydrogens is 324 g/mol. The van der Waals surface area contributed by atoms with Crippen molar-refractivity contribution < 1.29 is 15.0 Å². The van der Waals surface area contributed by atoms with E-state index in [4.69, 9.17) is 0 Å². The minimum Gasteiger partial charge on any atom is -0.396 e. The molecule has 0 unspecified atom stereocenters. The smallest absolute Gasteiger partial charge is 0.321 e. The van der Waals surface area contributed by atoms with Gasteiger partial charge in [-0.05, 0) is 41.6 Å². The fourth-order valence-corrected chi connectivity index (χ4v) is 3.35. The van der Waals surface area contributed by atoms with E-state index in [-0.39, 0.29) is 25.8 Å². The average molecular weight is 348 g/mol. The quantitative estimate of drug-likeness (QED) is 0.751. The lowest BCUT2D eigenvalue weighted by atomic mass is 9.92. The fourth-order valence-electron chi connectivity index (χ4n) is 2.42. The molecule has 0 aliphatic carbocycles. The maximum absolute atomic E-state index is 12.3. The molecule has 0 aliphatic rings. The van der Waals surface area contributed by atoms with Crippen LogP contribution in [0.25, 0.3) is 10.4 Å². The molecule has 2 rings (SSSR count). The lowest BCUT2D eigenvalue weighted by Crippen LogP contribution is -2.43. The molecule has 1 aromatic heterocycles. The van der Waals surface area contributed by atoms with E-state index in [0.717, 1.165) is 5.56 Å². The molecule has 0 atom stereocenters. The van der Waals surface area contributed by atoms with Crippen molar-refractivity contribution in [2.24, 2.45) is 5.41 Å². The number of anilines is 1. The number of nitrogens with zero attached hydrogens (tertiary/aromatic N) is 1. The third kappa shape index (κ3) is 4.35. The van der Waals surface area contributed by atoms with Crippen LogP contribution in [0.4, 0.5) is 10.5 Å². The first-order valence-corrected chi connectivity index (χ1v) is 8.65. The summed E-state index contributed by atoms with van der Waals surface area (Å²) in [6.07, 6.45) is 0. The van der Waals surface area contributed by atoms with Crippen LogP contribution in [0, 0.1) is 12.3 Å². The molecule has 0 saturated heterocycles. The lowest BCUT2D eigenvalue weighted by Gasteiger charge is -2.30. The Balaban J connectivity index is 2.08. The Labute approximate surface area is 146 Å². The molecule has 5 nitrogen and oxygen atoms in total. The van der Waals surface area contributed by atoms with Crippen molar-refractivity contribution in [2.75, 3.05) is 32.1 Å². The molecule has 2 aromatic rings. The summed E-state index contributed by atoms with van der Waals surface area (Å²) < 4.78 is 0. The number of nitrogens with one attached hydrogen (secondary N) is 1. The van der Waals surface area contributed by atoms with Crippen molar-refractivity contribution in [3.63, 3.8) is 0 Å². The molecule has 0 saturated carbocycles. The van der Waals surface area contributed by atoms with Gasteiger partial charge in [0.15, 0.2) is 0 Å². The van der Waals surface area contributed by atoms with Crippen LogP contribution in [0.15, 0.2) is 35.7 Å². The van der Waals surface area contributed by atoms with Crippen molar-refractivity contribution in [1.29, 1.82) is 0 Å². The number of rotatable bonds is 6. The van der Waals surface area contributed by atoms with E-state index < -0.39 is 5.41 Å². The zero-order valence-electron chi connectivity index (χ0n) is 14.2. The standard InChI is InChI=1S/C18H24N2O3S/c1-13-7-8-24-16(13)14-5-4-6-15(9-14)19-17(23)20(3)10-18(2,11-21)12-22/h4-9,21-22H,10-12H2,1-3H3,(H,19,23). The van der Waals surface area contributed by atoms with Crippen LogP contribution < -0.4 is 5.32 Å². The third-order valence-electron chi connectivity index (χ3n) is 3.97. The molecule has 1 aromatic carbocycles. The second-order valence-corrected chi connectivity index (χ2v) is 7.34. The normalized spacial score (nSPS) is 11.4. The summed E-state index contributed by atoms with van der Waals surface area (Å²) in [5, 5.41) is 23.6. The molecule has 0 aliphatic heterocycles. The summed E-state index contributed by atoms with van der Waals surface area (Å²) in [6, 6.07) is 9.52. The van der Waals surface area contributed by atoms with Gasteiger partial charge in [0.2, 0.25) is 0 Å². The van der Waals surface area contributed by atoms with E-state index in [0.29, 0.717) is 5.69 Å². The number of carbonyl (C=O) groups is 1. The van der Waals surface area contributed by atoms with Crippen LogP contribution in [0.2, 0.25) is 0 Å². The minimum absolute atomic E-state index is 0.186. The van der Waals surface area contributed by atoms with Crippen LogP contribution >= 0.6 is 11.3 Å². The van der Waals surface area contributed by atoms with E-state index in [9.17, 15) is 15.0 Å². The predicted octanol–water partition coefficient (Wildman–Crippen LogP) is 3.18. The first kappa shape index (κ1) is 18.4. The number of carbonyl (C=O) groups excluding carboxylic acids is 1. The van der Waals surface area contributed by atoms with Gasteiger partial charge in [0.25, 0.3) is 0 Å². The second kappa shape index (κ2) is 7.79. The molecule has 6 heteroatoms. The van der Waals surface area contributed by atoms with Crippen LogP contribution in [-0.2, 0) is 0 Å². The summed E-state index contributed by atoms with van der Waals surface area (Å²) in [6.45, 7) is 3.69. The van der Waals surface area contributed by atoms with Crippen molar-refractivity contribution in [3.05, 3.63) is 41.3 Å². The Hall–Kier alpha value is -1.89. The summed E-state index contributed by atoms with van der Waals surface area (Å²) >= 11 is 1.67. The van der Waals surface area contributed by atoms with E-state index in [2.05, 4.69) is 18.3 Å². The van der Waals surface area contributed by atoms with Gasteiger partial charge < -0.3 is 20.4 Å². The van der Waals surface area contributed by atoms with Gasteiger partial charge in [-0.1, -0.05) is 19.1 Å². The second-order valence-electron chi connectivity index (χ2n) is 6.43. The molecule has 0 spiro atoms. The number of hydrogen-bond donors (Lipinski definition) is 3. The van der Waals surface area contributed by atoms with Gasteiger partial charge in [-0.2, -0.15) is 0 Å². The number of aliphatic hydroxyl groups is 2. The van der Waals surface area contributed by atoms with Gasteiger partial charge >= 0.3 is 6.03 Å². The van der Waals surface area contributed by atoms with E-state index >= 15 is 0 Å². The van der Waals surface area contributed by atoms with Crippen LogP contribution in [-0.4, -0.2) is 48.0 Å². The predicted molar refractivity (Wildman–Crippen MR) is 98.4 cm³/mol. The van der Waals surface area contributed by atoms with Crippen LogP contribution in [0.3, 0.4) is 0 Å². The summed E-state index contributed by atoms with van der Waals surface area (Å²) in [5.41, 5.74) is 2.27. The molecule has 1 heterocycles. The Morgan fingerprint density at radius 2 is 2.00 bits per heavy atom. The first-order valence-electron chi connectivity index (χ1n) is 7.77. The van der Waals surface area contributed by atoms with Crippen LogP contribution in [0.5, 0.6) is 0 Å². The zero-order chi connectivity index (χ0) is 17.7. The molecular formula is C18H24N2O3S. The summed E-state index contributed by atoms with van der Waals surface area (Å²) in [4.78, 5) is 15.0. The van der Waals surface area contributed by atoms with Gasteiger partial charge in [0.05, 0.1) is 13.2 Å². The van der Waals surface area contributed by atoms with Crippen molar-refractivity contribution in [3.8, 4) is 10.4 Å². The molecule has 0 radical (unpaired) electrons. The lowest BCUT2D eigenvalue weighted by molar-refractivity contribution is 0.0509. The Morgan fingerprint density at radius 1 is 1.29 bits per heavy atom. The van der Waals surface area contributed by atoms with Crippen molar-refractivity contribution in [1.82, 2.24) is 4.90 Å². The highest BCUT2D eigenvalue weighted by Crippen LogP contribution is 2.30. The van der Waals surface area contributed by atoms with Gasteiger partial charge in [0.1, 0.15) is 0 Å². The number of hydrogen-bond acceptors (Lipinski definition) is 4. The van der Waals surface area contributed by atoms with Gasteiger partial charge in [-0.15, -0.1) is 11.3 Å². The number of benzene rings is 1. The topological polar surface area (TPSA) is 72.8 Å².